The number of nitrogens with zero attached hydrogens (tertiary/aromatic N) is 5. The number of carbonyl (C=O) groups excluding carboxylic acids is 1. The van der Waals surface area contributed by atoms with Gasteiger partial charge in [0, 0.05) is 5.56 Å². The van der Waals surface area contributed by atoms with E-state index < -0.39 is 5.97 Å². The molecule has 0 aliphatic carbocycles. The van der Waals surface area contributed by atoms with E-state index in [0.29, 0.717) is 5.56 Å². The molecule has 20 heavy (non-hydrogen) atoms. The molecule has 2 heterocycles. The highest BCUT2D eigenvalue weighted by Gasteiger charge is 2.21. The predicted octanol–water partition coefficient (Wildman–Crippen LogP) is -0.737. The van der Waals surface area contributed by atoms with Gasteiger partial charge < -0.3 is 15.6 Å². The summed E-state index contributed by atoms with van der Waals surface area (Å²) in [6, 6.07) is 8.69. The van der Waals surface area contributed by atoms with Crippen LogP contribution in [0.1, 0.15) is 10.5 Å². The number of hydrogen-bond donors (Lipinski definition) is 1. The molecule has 3 aromatic rings. The summed E-state index contributed by atoms with van der Waals surface area (Å²) in [5.74, 6) is -1.43. The summed E-state index contributed by atoms with van der Waals surface area (Å²) in [6.07, 6.45) is 0. The standard InChI is InChI=1S/C11H8N6O3/c12-9-10(15-20-14-9)17-8(6-4-2-1-3-5-6)7(11(18)19)13-16-17/h1-5H,(H2,12,14)(H,18,19)/p-1. The molecule has 0 unspecified atom stereocenters. The number of benzene rings is 1. The predicted molar refractivity (Wildman–Crippen MR) is 63.4 cm³/mol. The van der Waals surface area contributed by atoms with E-state index in [4.69, 9.17) is 5.73 Å². The Kier molecular flexibility index (Phi) is 2.64. The molecule has 2 aromatic heterocycles. The molecule has 0 atom stereocenters. The van der Waals surface area contributed by atoms with Gasteiger partial charge in [-0.1, -0.05) is 35.5 Å². The van der Waals surface area contributed by atoms with Crippen molar-refractivity contribution < 1.29 is 14.5 Å². The molecule has 0 aliphatic rings. The Labute approximate surface area is 111 Å². The second-order valence-electron chi connectivity index (χ2n) is 3.83. The number of carbonyl (C=O) groups is 1. The molecule has 9 heteroatoms. The van der Waals surface area contributed by atoms with Gasteiger partial charge in [-0.15, -0.1) is 5.10 Å². The summed E-state index contributed by atoms with van der Waals surface area (Å²) in [4.78, 5) is 11.1. The van der Waals surface area contributed by atoms with Crippen LogP contribution in [-0.2, 0) is 0 Å². The lowest BCUT2D eigenvalue weighted by atomic mass is 10.1. The highest BCUT2D eigenvalue weighted by atomic mass is 16.6. The van der Waals surface area contributed by atoms with E-state index in [0.717, 1.165) is 4.68 Å². The van der Waals surface area contributed by atoms with Gasteiger partial charge in [0.15, 0.2) is 0 Å². The molecule has 0 fully saturated rings. The Hall–Kier alpha value is -3.23. The van der Waals surface area contributed by atoms with Crippen molar-refractivity contribution in [2.24, 2.45) is 0 Å². The molecule has 9 nitrogen and oxygen atoms in total. The topological polar surface area (TPSA) is 136 Å². The zero-order valence-electron chi connectivity index (χ0n) is 9.92. The van der Waals surface area contributed by atoms with Crippen LogP contribution in [-0.4, -0.2) is 31.3 Å². The van der Waals surface area contributed by atoms with Crippen LogP contribution < -0.4 is 10.8 Å². The van der Waals surface area contributed by atoms with E-state index in [9.17, 15) is 9.90 Å². The Morgan fingerprint density at radius 2 is 2.00 bits per heavy atom. The quantitative estimate of drug-likeness (QED) is 0.657. The van der Waals surface area contributed by atoms with Crippen LogP contribution in [0, 0.1) is 0 Å². The smallest absolute Gasteiger partial charge is 0.243 e. The molecule has 0 radical (unpaired) electrons. The number of nitrogens with two attached hydrogens (primary N) is 1. The van der Waals surface area contributed by atoms with Gasteiger partial charge in [-0.3, -0.25) is 0 Å². The Morgan fingerprint density at radius 3 is 2.60 bits per heavy atom. The summed E-state index contributed by atoms with van der Waals surface area (Å²) < 4.78 is 5.63. The molecule has 3 rings (SSSR count). The van der Waals surface area contributed by atoms with Crippen LogP contribution in [0.25, 0.3) is 17.1 Å². The lowest BCUT2D eigenvalue weighted by Crippen LogP contribution is -2.23. The molecule has 0 saturated heterocycles. The van der Waals surface area contributed by atoms with Gasteiger partial charge in [0.2, 0.25) is 11.6 Å². The van der Waals surface area contributed by atoms with Crippen LogP contribution in [0.15, 0.2) is 35.0 Å². The lowest BCUT2D eigenvalue weighted by molar-refractivity contribution is -0.255. The zero-order chi connectivity index (χ0) is 14.1. The fraction of sp³-hybridized carbons (Fsp3) is 0. The number of carboxylic acids is 1. The maximum Gasteiger partial charge on any atom is 0.243 e. The van der Waals surface area contributed by atoms with Crippen molar-refractivity contribution in [2.75, 3.05) is 5.73 Å². The van der Waals surface area contributed by atoms with Crippen molar-refractivity contribution in [2.45, 2.75) is 0 Å². The molecule has 0 bridgehead atoms. The highest BCUT2D eigenvalue weighted by Crippen LogP contribution is 2.25. The number of aromatic carboxylic acids is 1. The average molecular weight is 271 g/mol. The first kappa shape index (κ1) is 11.8. The molecule has 100 valence electrons. The van der Waals surface area contributed by atoms with Crippen LogP contribution >= 0.6 is 0 Å². The molecule has 0 saturated carbocycles. The fourth-order valence-corrected chi connectivity index (χ4v) is 1.76. The van der Waals surface area contributed by atoms with Gasteiger partial charge in [0.1, 0.15) is 11.4 Å². The van der Waals surface area contributed by atoms with E-state index in [-0.39, 0.29) is 23.0 Å². The summed E-state index contributed by atoms with van der Waals surface area (Å²) in [5, 5.41) is 25.4. The second kappa shape index (κ2) is 4.46. The third kappa shape index (κ3) is 1.77. The van der Waals surface area contributed by atoms with E-state index in [2.05, 4.69) is 25.3 Å². The lowest BCUT2D eigenvalue weighted by Gasteiger charge is -2.06. The van der Waals surface area contributed by atoms with Gasteiger partial charge in [-0.2, -0.15) is 4.68 Å². The van der Waals surface area contributed by atoms with E-state index in [1.165, 1.54) is 0 Å². The van der Waals surface area contributed by atoms with Crippen LogP contribution in [0.2, 0.25) is 0 Å². The van der Waals surface area contributed by atoms with Gasteiger partial charge in [0.25, 0.3) is 0 Å². The summed E-state index contributed by atoms with van der Waals surface area (Å²) in [7, 11) is 0. The Morgan fingerprint density at radius 1 is 1.25 bits per heavy atom. The SMILES string of the molecule is Nc1nonc1-n1nnc(C(=O)[O-])c1-c1ccccc1. The van der Waals surface area contributed by atoms with Crippen molar-refractivity contribution in [3.8, 4) is 17.1 Å². The number of aromatic nitrogens is 5. The average Bonchev–Trinajstić information content (AvgIpc) is 3.05. The molecule has 1 aromatic carbocycles. The van der Waals surface area contributed by atoms with Crippen LogP contribution in [0.5, 0.6) is 0 Å². The summed E-state index contributed by atoms with van der Waals surface area (Å²) in [5.41, 5.74) is 6.02. The van der Waals surface area contributed by atoms with Crippen molar-refractivity contribution in [3.63, 3.8) is 0 Å². The first-order valence-electron chi connectivity index (χ1n) is 5.49. The maximum atomic E-state index is 11.1. The second-order valence-corrected chi connectivity index (χ2v) is 3.83. The molecule has 0 amide bonds. The summed E-state index contributed by atoms with van der Waals surface area (Å²) in [6.45, 7) is 0. The van der Waals surface area contributed by atoms with E-state index >= 15 is 0 Å². The summed E-state index contributed by atoms with van der Waals surface area (Å²) >= 11 is 0. The van der Waals surface area contributed by atoms with Crippen molar-refractivity contribution in [3.05, 3.63) is 36.0 Å². The molecule has 0 spiro atoms. The zero-order valence-corrected chi connectivity index (χ0v) is 9.92. The minimum absolute atomic E-state index is 0.0306. The molecular weight excluding hydrogens is 264 g/mol. The van der Waals surface area contributed by atoms with Gasteiger partial charge in [-0.25, -0.2) is 4.63 Å². The molecule has 0 aliphatic heterocycles. The Balaban J connectivity index is 2.27. The van der Waals surface area contributed by atoms with Crippen molar-refractivity contribution in [1.29, 1.82) is 0 Å². The number of hydrogen-bond acceptors (Lipinski definition) is 8. The van der Waals surface area contributed by atoms with Gasteiger partial charge in [0.05, 0.1) is 5.97 Å². The monoisotopic (exact) mass is 271 g/mol. The van der Waals surface area contributed by atoms with Gasteiger partial charge >= 0.3 is 0 Å². The number of rotatable bonds is 3. The minimum Gasteiger partial charge on any atom is -0.543 e. The van der Waals surface area contributed by atoms with Gasteiger partial charge in [-0.05, 0) is 10.3 Å². The van der Waals surface area contributed by atoms with E-state index in [1.54, 1.807) is 30.3 Å². The third-order valence-electron chi connectivity index (χ3n) is 2.61. The first-order chi connectivity index (χ1) is 9.68. The van der Waals surface area contributed by atoms with Crippen molar-refractivity contribution in [1.82, 2.24) is 25.3 Å². The Bertz CT molecular complexity index is 764. The van der Waals surface area contributed by atoms with Crippen LogP contribution in [0.3, 0.4) is 0 Å². The third-order valence-corrected chi connectivity index (χ3v) is 2.61. The number of carboxylic acid groups (broad SMARTS) is 1. The number of nitrogen functional groups attached to an aromatic ring is 1. The highest BCUT2D eigenvalue weighted by molar-refractivity contribution is 5.91. The van der Waals surface area contributed by atoms with Crippen LogP contribution in [0.4, 0.5) is 5.82 Å². The normalized spacial score (nSPS) is 10.6. The fourth-order valence-electron chi connectivity index (χ4n) is 1.76. The molecular formula is C11H7N6O3-. The molecule has 2 N–H and O–H groups in total. The largest absolute Gasteiger partial charge is 0.543 e. The number of anilines is 1. The first-order valence-corrected chi connectivity index (χ1v) is 5.49. The van der Waals surface area contributed by atoms with E-state index in [1.807, 2.05) is 0 Å². The van der Waals surface area contributed by atoms with Crippen molar-refractivity contribution >= 4 is 11.8 Å². The minimum atomic E-state index is -1.45. The maximum absolute atomic E-state index is 11.1.